The lowest BCUT2D eigenvalue weighted by Gasteiger charge is -2.11. The van der Waals surface area contributed by atoms with Crippen LogP contribution in [-0.2, 0) is 4.79 Å². The molecule has 0 saturated heterocycles. The highest BCUT2D eigenvalue weighted by molar-refractivity contribution is 7.99. The van der Waals surface area contributed by atoms with Gasteiger partial charge in [-0.25, -0.2) is 4.68 Å². The Hall–Kier alpha value is -2.61. The third kappa shape index (κ3) is 4.01. The Morgan fingerprint density at radius 2 is 1.93 bits per heavy atom. The zero-order chi connectivity index (χ0) is 20.7. The van der Waals surface area contributed by atoms with Crippen molar-refractivity contribution in [1.29, 1.82) is 0 Å². The van der Waals surface area contributed by atoms with Gasteiger partial charge in [-0.1, -0.05) is 43.8 Å². The van der Waals surface area contributed by atoms with Gasteiger partial charge in [0.05, 0.1) is 17.1 Å². The second kappa shape index (κ2) is 7.91. The molecule has 1 amide bonds. The van der Waals surface area contributed by atoms with Gasteiger partial charge in [-0.05, 0) is 37.8 Å². The fraction of sp³-hybridized carbons (Fsp3) is 0.455. The molecule has 5 rings (SSSR count). The summed E-state index contributed by atoms with van der Waals surface area (Å²) in [6.45, 7) is 4.26. The quantitative estimate of drug-likeness (QED) is 0.540. The standard InChI is InChI=1S/C22H26N6OS/c1-14(2)21-24-25-22(27(21)16-10-11-16)30-13-20(29)23-19-12-18(15-8-9-15)26-28(19)17-6-4-3-5-7-17/h3-7,12,14-16H,8-11,13H2,1-2H3,(H,23,29). The first-order chi connectivity index (χ1) is 14.6. The molecule has 1 N–H and O–H groups in total. The van der Waals surface area contributed by atoms with Crippen molar-refractivity contribution in [2.75, 3.05) is 11.1 Å². The summed E-state index contributed by atoms with van der Waals surface area (Å²) in [5.41, 5.74) is 2.00. The highest BCUT2D eigenvalue weighted by atomic mass is 32.2. The van der Waals surface area contributed by atoms with E-state index in [4.69, 9.17) is 5.10 Å². The number of carbonyl (C=O) groups is 1. The molecule has 0 aliphatic heterocycles. The Labute approximate surface area is 180 Å². The molecule has 0 unspecified atom stereocenters. The van der Waals surface area contributed by atoms with E-state index in [1.807, 2.05) is 41.1 Å². The van der Waals surface area contributed by atoms with E-state index in [9.17, 15) is 4.79 Å². The molecule has 0 bridgehead atoms. The first-order valence-electron chi connectivity index (χ1n) is 10.6. The lowest BCUT2D eigenvalue weighted by Crippen LogP contribution is -2.17. The molecule has 0 spiro atoms. The molecule has 2 aliphatic rings. The Morgan fingerprint density at radius 1 is 1.17 bits per heavy atom. The van der Waals surface area contributed by atoms with Crippen LogP contribution in [0.3, 0.4) is 0 Å². The summed E-state index contributed by atoms with van der Waals surface area (Å²) in [7, 11) is 0. The number of nitrogens with zero attached hydrogens (tertiary/aromatic N) is 5. The van der Waals surface area contributed by atoms with E-state index in [0.717, 1.165) is 41.0 Å². The smallest absolute Gasteiger partial charge is 0.236 e. The number of carbonyl (C=O) groups excluding carboxylic acids is 1. The maximum Gasteiger partial charge on any atom is 0.236 e. The number of hydrogen-bond acceptors (Lipinski definition) is 5. The van der Waals surface area contributed by atoms with Crippen LogP contribution in [0.25, 0.3) is 5.69 Å². The van der Waals surface area contributed by atoms with E-state index in [0.29, 0.717) is 23.6 Å². The molecule has 2 fully saturated rings. The highest BCUT2D eigenvalue weighted by Crippen LogP contribution is 2.41. The molecule has 3 aromatic rings. The number of thioether (sulfide) groups is 1. The number of hydrogen-bond donors (Lipinski definition) is 1. The molecule has 2 saturated carbocycles. The molecule has 156 valence electrons. The molecule has 1 aromatic carbocycles. The maximum atomic E-state index is 12.8. The highest BCUT2D eigenvalue weighted by Gasteiger charge is 2.31. The maximum absolute atomic E-state index is 12.8. The largest absolute Gasteiger partial charge is 0.310 e. The van der Waals surface area contributed by atoms with Crippen LogP contribution in [0.15, 0.2) is 41.6 Å². The summed E-state index contributed by atoms with van der Waals surface area (Å²) in [6.07, 6.45) is 4.67. The zero-order valence-electron chi connectivity index (χ0n) is 17.3. The molecular formula is C22H26N6OS. The second-order valence-electron chi connectivity index (χ2n) is 8.41. The van der Waals surface area contributed by atoms with Gasteiger partial charge in [-0.3, -0.25) is 4.79 Å². The molecule has 2 aliphatic carbocycles. The van der Waals surface area contributed by atoms with Crippen LogP contribution in [0.1, 0.15) is 68.9 Å². The number of aromatic nitrogens is 5. The molecule has 2 heterocycles. The normalized spacial score (nSPS) is 16.2. The number of anilines is 1. The Morgan fingerprint density at radius 3 is 2.60 bits per heavy atom. The lowest BCUT2D eigenvalue weighted by atomic mass is 10.2. The van der Waals surface area contributed by atoms with Crippen LogP contribution in [0.5, 0.6) is 0 Å². The molecule has 7 nitrogen and oxygen atoms in total. The first-order valence-corrected chi connectivity index (χ1v) is 11.6. The third-order valence-corrected chi connectivity index (χ3v) is 6.39. The second-order valence-corrected chi connectivity index (χ2v) is 9.35. The number of nitrogens with one attached hydrogen (secondary N) is 1. The van der Waals surface area contributed by atoms with E-state index in [1.54, 1.807) is 0 Å². The number of para-hydroxylation sites is 1. The van der Waals surface area contributed by atoms with Gasteiger partial charge in [0.15, 0.2) is 5.16 Å². The molecule has 0 radical (unpaired) electrons. The Balaban J connectivity index is 1.31. The number of rotatable bonds is 8. The van der Waals surface area contributed by atoms with Gasteiger partial charge in [-0.2, -0.15) is 5.10 Å². The van der Waals surface area contributed by atoms with Crippen molar-refractivity contribution in [3.63, 3.8) is 0 Å². The predicted octanol–water partition coefficient (Wildman–Crippen LogP) is 4.53. The summed E-state index contributed by atoms with van der Waals surface area (Å²) < 4.78 is 4.06. The van der Waals surface area contributed by atoms with Gasteiger partial charge in [0.2, 0.25) is 5.91 Å². The van der Waals surface area contributed by atoms with Gasteiger partial charge < -0.3 is 9.88 Å². The topological polar surface area (TPSA) is 77.6 Å². The van der Waals surface area contributed by atoms with Gasteiger partial charge in [0, 0.05) is 23.9 Å². The fourth-order valence-corrected chi connectivity index (χ4v) is 4.41. The third-order valence-electron chi connectivity index (χ3n) is 5.44. The van der Waals surface area contributed by atoms with Crippen molar-refractivity contribution >= 4 is 23.5 Å². The van der Waals surface area contributed by atoms with E-state index in [1.165, 1.54) is 24.6 Å². The number of benzene rings is 1. The van der Waals surface area contributed by atoms with Gasteiger partial charge in [0.25, 0.3) is 0 Å². The minimum Gasteiger partial charge on any atom is -0.310 e. The Bertz CT molecular complexity index is 1050. The summed E-state index contributed by atoms with van der Waals surface area (Å²) in [5, 5.41) is 17.4. The van der Waals surface area contributed by atoms with Crippen molar-refractivity contribution in [3.8, 4) is 5.69 Å². The minimum absolute atomic E-state index is 0.0594. The molecular weight excluding hydrogens is 396 g/mol. The van der Waals surface area contributed by atoms with Crippen LogP contribution in [0.4, 0.5) is 5.82 Å². The van der Waals surface area contributed by atoms with Gasteiger partial charge in [0.1, 0.15) is 11.6 Å². The van der Waals surface area contributed by atoms with Crippen LogP contribution < -0.4 is 5.32 Å². The van der Waals surface area contributed by atoms with Crippen molar-refractivity contribution in [2.24, 2.45) is 0 Å². The van der Waals surface area contributed by atoms with Crippen LogP contribution >= 0.6 is 11.8 Å². The zero-order valence-corrected chi connectivity index (χ0v) is 18.1. The molecule has 2 aromatic heterocycles. The van der Waals surface area contributed by atoms with E-state index >= 15 is 0 Å². The minimum atomic E-state index is -0.0594. The average molecular weight is 423 g/mol. The molecule has 0 atom stereocenters. The van der Waals surface area contributed by atoms with E-state index in [2.05, 4.69) is 33.9 Å². The summed E-state index contributed by atoms with van der Waals surface area (Å²) >= 11 is 1.46. The van der Waals surface area contributed by atoms with Crippen molar-refractivity contribution < 1.29 is 4.79 Å². The van der Waals surface area contributed by atoms with Crippen LogP contribution in [0.2, 0.25) is 0 Å². The molecule has 30 heavy (non-hydrogen) atoms. The lowest BCUT2D eigenvalue weighted by molar-refractivity contribution is -0.113. The van der Waals surface area contributed by atoms with E-state index < -0.39 is 0 Å². The van der Waals surface area contributed by atoms with Gasteiger partial charge in [-0.15, -0.1) is 10.2 Å². The monoisotopic (exact) mass is 422 g/mol. The van der Waals surface area contributed by atoms with Crippen molar-refractivity contribution in [2.45, 2.75) is 62.6 Å². The Kier molecular flexibility index (Phi) is 5.10. The number of amides is 1. The van der Waals surface area contributed by atoms with Crippen molar-refractivity contribution in [3.05, 3.63) is 47.9 Å². The van der Waals surface area contributed by atoms with E-state index in [-0.39, 0.29) is 5.91 Å². The predicted molar refractivity (Wildman–Crippen MR) is 117 cm³/mol. The average Bonchev–Trinajstić information content (AvgIpc) is 3.68. The van der Waals surface area contributed by atoms with Gasteiger partial charge >= 0.3 is 0 Å². The summed E-state index contributed by atoms with van der Waals surface area (Å²) in [6, 6.07) is 12.4. The summed E-state index contributed by atoms with van der Waals surface area (Å²) in [5.74, 6) is 2.81. The summed E-state index contributed by atoms with van der Waals surface area (Å²) in [4.78, 5) is 12.8. The van der Waals surface area contributed by atoms with Crippen molar-refractivity contribution in [1.82, 2.24) is 24.5 Å². The van der Waals surface area contributed by atoms with Crippen LogP contribution in [-0.4, -0.2) is 36.2 Å². The van der Waals surface area contributed by atoms with Crippen LogP contribution in [0, 0.1) is 0 Å². The molecule has 8 heteroatoms. The first kappa shape index (κ1) is 19.4. The fourth-order valence-electron chi connectivity index (χ4n) is 3.60. The SMILES string of the molecule is CC(C)c1nnc(SCC(=O)Nc2cc(C3CC3)nn2-c2ccccc2)n1C1CC1.